The molecule has 0 saturated heterocycles. The molecule has 0 heterocycles. The predicted octanol–water partition coefficient (Wildman–Crippen LogP) is 28.7. The van der Waals surface area contributed by atoms with Gasteiger partial charge in [-0.3, -0.25) is 28.8 Å². The first-order valence-electron chi connectivity index (χ1n) is 59.7. The molecule has 25 heteroatoms. The van der Waals surface area contributed by atoms with Crippen LogP contribution in [0.4, 0.5) is 0 Å². The average Bonchev–Trinajstić information content (AvgIpc) is 0.869. The molecule has 0 amide bonds. The van der Waals surface area contributed by atoms with Crippen molar-refractivity contribution < 1.29 is 125 Å². The van der Waals surface area contributed by atoms with Crippen molar-refractivity contribution in [2.75, 3.05) is 52.9 Å². The van der Waals surface area contributed by atoms with Gasteiger partial charge in [-0.25, -0.2) is 0 Å². The van der Waals surface area contributed by atoms with Crippen molar-refractivity contribution in [1.29, 1.82) is 0 Å². The van der Waals surface area contributed by atoms with E-state index in [0.29, 0.717) is 38.5 Å². The molecule has 0 fully saturated rings. The van der Waals surface area contributed by atoms with Crippen LogP contribution in [0.2, 0.25) is 0 Å². The number of rotatable bonds is 106. The summed E-state index contributed by atoms with van der Waals surface area (Å²) in [6.45, 7) is 10.3. The Balaban J connectivity index is -0.000000302. The van der Waals surface area contributed by atoms with Crippen LogP contribution in [0.15, 0.2) is 0 Å². The molecular weight excluding hydrogens is 1820 g/mol. The lowest BCUT2D eigenvalue weighted by atomic mass is 9.91. The summed E-state index contributed by atoms with van der Waals surface area (Å²) in [7, 11) is 0. The molecule has 0 bridgehead atoms. The number of hydrogen-bond donors (Lipinski definition) is 18. The van der Waals surface area contributed by atoms with Crippen LogP contribution in [0.3, 0.4) is 0 Å². The molecule has 0 rings (SSSR count). The molecule has 6 atom stereocenters. The summed E-state index contributed by atoms with van der Waals surface area (Å²) < 4.78 is 5.15. The molecule has 0 aromatic heterocycles. The summed E-state index contributed by atoms with van der Waals surface area (Å²) in [5, 5.41) is 164. The highest BCUT2D eigenvalue weighted by Gasteiger charge is 2.33. The topological polar surface area (TPSA) is 476 Å². The van der Waals surface area contributed by atoms with Gasteiger partial charge in [-0.05, 0) is 116 Å². The summed E-state index contributed by atoms with van der Waals surface area (Å²) in [6, 6.07) is 0. The fourth-order valence-corrected chi connectivity index (χ4v) is 17.1. The maximum Gasteiger partial charge on any atom is 0.303 e. The fourth-order valence-electron chi connectivity index (χ4n) is 17.1. The van der Waals surface area contributed by atoms with E-state index in [1.807, 2.05) is 0 Å². The van der Waals surface area contributed by atoms with Crippen molar-refractivity contribution in [3.63, 3.8) is 0 Å². The Hall–Kier alpha value is -3.70. The molecule has 0 aliphatic heterocycles. The van der Waals surface area contributed by atoms with E-state index in [0.717, 1.165) is 231 Å². The van der Waals surface area contributed by atoms with Crippen molar-refractivity contribution in [1.82, 2.24) is 0 Å². The van der Waals surface area contributed by atoms with Gasteiger partial charge < -0.3 is 96.7 Å². The van der Waals surface area contributed by atoms with Gasteiger partial charge in [0.25, 0.3) is 0 Å². The zero-order chi connectivity index (χ0) is 108. The summed E-state index contributed by atoms with van der Waals surface area (Å²) >= 11 is 0. The van der Waals surface area contributed by atoms with Gasteiger partial charge in [-0.15, -0.1) is 0 Å². The molecule has 860 valence electrons. The molecule has 18 N–H and O–H groups in total. The summed E-state index contributed by atoms with van der Waals surface area (Å²) in [4.78, 5) is 62.0. The first kappa shape index (κ1) is 152. The Morgan fingerprint density at radius 1 is 0.161 bits per heavy atom. The normalized spacial score (nSPS) is 12.5. The number of carboxylic acid groups (broad SMARTS) is 6. The van der Waals surface area contributed by atoms with Gasteiger partial charge in [-0.1, -0.05) is 465 Å². The lowest BCUT2D eigenvalue weighted by Crippen LogP contribution is -2.43. The quantitative estimate of drug-likeness (QED) is 0.0251. The number of carboxylic acids is 6. The first-order valence-corrected chi connectivity index (χ1v) is 59.7. The number of ether oxygens (including phenoxy) is 1. The van der Waals surface area contributed by atoms with Crippen molar-refractivity contribution in [2.45, 2.75) is 656 Å². The summed E-state index contributed by atoms with van der Waals surface area (Å²) in [5.41, 5.74) is -2.32. The highest BCUT2D eigenvalue weighted by atomic mass is 16.5. The van der Waals surface area contributed by atoms with Gasteiger partial charge >= 0.3 is 35.8 Å². The molecule has 0 aliphatic carbocycles. The second kappa shape index (κ2) is 127. The second-order valence-corrected chi connectivity index (χ2v) is 42.0. The minimum absolute atomic E-state index is 0.0853. The second-order valence-electron chi connectivity index (χ2n) is 42.0. The lowest BCUT2D eigenvalue weighted by molar-refractivity contribution is -0.138. The van der Waals surface area contributed by atoms with Gasteiger partial charge in [0.15, 0.2) is 0 Å². The monoisotopic (exact) mass is 2060 g/mol. The van der Waals surface area contributed by atoms with E-state index in [-0.39, 0.29) is 49.8 Å². The van der Waals surface area contributed by atoms with E-state index in [9.17, 15) is 59.4 Å². The highest BCUT2D eigenvalue weighted by molar-refractivity contribution is 5.68. The molecule has 0 aromatic carbocycles. The highest BCUT2D eigenvalue weighted by Crippen LogP contribution is 2.25. The van der Waals surface area contributed by atoms with Crippen LogP contribution in [0.25, 0.3) is 0 Å². The van der Waals surface area contributed by atoms with Gasteiger partial charge in [0.05, 0.1) is 100 Å². The molecule has 0 aromatic rings. The number of aliphatic hydroxyl groups is 12. The smallest absolute Gasteiger partial charge is 0.303 e. The zero-order valence-electron chi connectivity index (χ0n) is 93.7. The van der Waals surface area contributed by atoms with Crippen molar-refractivity contribution >= 4 is 35.8 Å². The Morgan fingerprint density at radius 3 is 0.343 bits per heavy atom. The molecular formula is C118H238O25. The summed E-state index contributed by atoms with van der Waals surface area (Å²) in [6.07, 6.45) is 97.6. The lowest BCUT2D eigenvalue weighted by Gasteiger charge is -2.31. The SMILES string of the molecule is CCCCCCC(O)CCCCCCCCCCC(=O)O.CCCCCCC(O)CCCCCCCCCCC(=O)O.CCCCCCC(O)CCCCCCCCCCC(=O)O.CCCCCCC(O)CCCCCCCCCCC(=O)O.CCCCCCC(O)CCCCCCCCCCC(=O)O.CCCCCCC(O)CCCCCCCCCCC(=O)O.OCC(CO)(CO)COCC(CO)(CO)CO. The predicted molar refractivity (Wildman–Crippen MR) is 590 cm³/mol. The van der Waals surface area contributed by atoms with E-state index in [1.165, 1.54) is 308 Å². The standard InChI is InChI=1S/6C18H36O3.C10H22O7/c6*1-2-3-4-11-14-17(19)15-12-9-7-5-6-8-10-13-16-18(20)21;11-1-9(2-12,3-13)7-17-8-10(4-14,5-15)6-16/h6*17,19H,2-16H2,1H3,(H,20,21);11-16H,1-8H2. The van der Waals surface area contributed by atoms with Crippen LogP contribution < -0.4 is 0 Å². The Kier molecular flexibility index (Phi) is 135. The fraction of sp³-hybridized carbons (Fsp3) is 0.949. The third-order valence-corrected chi connectivity index (χ3v) is 27.2. The van der Waals surface area contributed by atoms with E-state index in [4.69, 9.17) is 66.0 Å². The van der Waals surface area contributed by atoms with Gasteiger partial charge in [0, 0.05) is 38.5 Å². The van der Waals surface area contributed by atoms with Crippen molar-refractivity contribution in [2.24, 2.45) is 10.8 Å². The zero-order valence-corrected chi connectivity index (χ0v) is 93.7. The summed E-state index contributed by atoms with van der Waals surface area (Å²) in [5.74, 6) is -4.07. The Bertz CT molecular complexity index is 2080. The Morgan fingerprint density at radius 2 is 0.252 bits per heavy atom. The van der Waals surface area contributed by atoms with Crippen LogP contribution in [-0.2, 0) is 33.5 Å². The maximum atomic E-state index is 10.3. The van der Waals surface area contributed by atoms with Crippen molar-refractivity contribution in [3.05, 3.63) is 0 Å². The number of hydrogen-bond acceptors (Lipinski definition) is 19. The van der Waals surface area contributed by atoms with E-state index in [2.05, 4.69) is 41.5 Å². The third-order valence-electron chi connectivity index (χ3n) is 27.2. The van der Waals surface area contributed by atoms with Gasteiger partial charge in [0.2, 0.25) is 0 Å². The molecule has 0 spiro atoms. The number of unbranched alkanes of at least 4 members (excludes halogenated alkanes) is 60. The average molecular weight is 2060 g/mol. The minimum Gasteiger partial charge on any atom is -0.481 e. The number of aliphatic carboxylic acids is 6. The van der Waals surface area contributed by atoms with Crippen LogP contribution in [0.1, 0.15) is 619 Å². The van der Waals surface area contributed by atoms with Crippen LogP contribution in [-0.4, -0.2) is 217 Å². The molecule has 0 saturated carbocycles. The van der Waals surface area contributed by atoms with Gasteiger partial charge in [0.1, 0.15) is 0 Å². The molecule has 6 unspecified atom stereocenters. The number of aliphatic hydroxyl groups excluding tert-OH is 12. The molecule has 0 aliphatic rings. The maximum absolute atomic E-state index is 10.3. The largest absolute Gasteiger partial charge is 0.481 e. The van der Waals surface area contributed by atoms with Crippen molar-refractivity contribution in [3.8, 4) is 0 Å². The third kappa shape index (κ3) is 138. The van der Waals surface area contributed by atoms with Crippen LogP contribution in [0, 0.1) is 10.8 Å². The molecule has 25 nitrogen and oxygen atoms in total. The number of carbonyl (C=O) groups is 6. The molecule has 143 heavy (non-hydrogen) atoms. The van der Waals surface area contributed by atoms with Crippen LogP contribution in [0.5, 0.6) is 0 Å². The van der Waals surface area contributed by atoms with Gasteiger partial charge in [-0.2, -0.15) is 0 Å². The van der Waals surface area contributed by atoms with E-state index < -0.39 is 86.3 Å². The Labute approximate surface area is 876 Å². The first-order chi connectivity index (χ1) is 69.1. The minimum atomic E-state index is -1.16. The van der Waals surface area contributed by atoms with E-state index >= 15 is 0 Å². The van der Waals surface area contributed by atoms with E-state index in [1.54, 1.807) is 0 Å². The molecule has 0 radical (unpaired) electrons. The van der Waals surface area contributed by atoms with Crippen LogP contribution >= 0.6 is 0 Å².